The molecule has 0 spiro atoms. The van der Waals surface area contributed by atoms with E-state index in [9.17, 15) is 4.79 Å². The molecule has 21 heavy (non-hydrogen) atoms. The number of carbonyl (C=O) groups excluding carboxylic acids is 1. The van der Waals surface area contributed by atoms with Crippen LogP contribution in [-0.2, 0) is 11.3 Å². The summed E-state index contributed by atoms with van der Waals surface area (Å²) in [6.45, 7) is 0.878. The summed E-state index contributed by atoms with van der Waals surface area (Å²) in [6, 6.07) is 1.91. The van der Waals surface area contributed by atoms with Gasteiger partial charge in [-0.15, -0.1) is 0 Å². The monoisotopic (exact) mass is 306 g/mol. The first-order valence-electron chi connectivity index (χ1n) is 7.09. The maximum atomic E-state index is 11.9. The highest BCUT2D eigenvalue weighted by molar-refractivity contribution is 8.00. The molecule has 0 atom stereocenters. The molecule has 0 unspecified atom stereocenters. The Morgan fingerprint density at radius 1 is 1.43 bits per heavy atom. The number of rotatable bonds is 6. The number of nitrogens with one attached hydrogen (secondary N) is 1. The Labute approximate surface area is 127 Å². The van der Waals surface area contributed by atoms with E-state index in [1.807, 2.05) is 11.8 Å². The fourth-order valence-corrected chi connectivity index (χ4v) is 2.75. The summed E-state index contributed by atoms with van der Waals surface area (Å²) in [5.74, 6) is 2.35. The minimum absolute atomic E-state index is 0.173. The van der Waals surface area contributed by atoms with Gasteiger partial charge in [-0.1, -0.05) is 23.4 Å². The summed E-state index contributed by atoms with van der Waals surface area (Å²) < 4.78 is 10.7. The molecular formula is C15H18N2O3S. The smallest absolute Gasteiger partial charge is 0.273 e. The fraction of sp³-hybridized carbons (Fsp3) is 0.467. The van der Waals surface area contributed by atoms with Gasteiger partial charge in [0.15, 0.2) is 11.5 Å². The highest BCUT2D eigenvalue weighted by Gasteiger charge is 2.22. The molecule has 112 valence electrons. The number of allylic oxidation sites excluding steroid dienone is 2. The number of hydrogen-bond donors (Lipinski definition) is 1. The van der Waals surface area contributed by atoms with Crippen LogP contribution in [0.2, 0.25) is 0 Å². The van der Waals surface area contributed by atoms with Crippen molar-refractivity contribution >= 4 is 17.7 Å². The SMILES string of the molecule is O=C(NC1CSC1)c1cc(COCC2=CCCC=C2)on1. The van der Waals surface area contributed by atoms with Crippen LogP contribution in [0.5, 0.6) is 0 Å². The zero-order valence-corrected chi connectivity index (χ0v) is 12.5. The van der Waals surface area contributed by atoms with E-state index in [0.717, 1.165) is 24.3 Å². The van der Waals surface area contributed by atoms with Crippen molar-refractivity contribution in [2.45, 2.75) is 25.5 Å². The lowest BCUT2D eigenvalue weighted by Gasteiger charge is -2.25. The molecule has 6 heteroatoms. The van der Waals surface area contributed by atoms with Crippen LogP contribution in [0.15, 0.2) is 34.4 Å². The lowest BCUT2D eigenvalue weighted by Crippen LogP contribution is -2.43. The summed E-state index contributed by atoms with van der Waals surface area (Å²) >= 11 is 1.82. The van der Waals surface area contributed by atoms with Gasteiger partial charge in [-0.3, -0.25) is 4.79 Å². The summed E-state index contributed by atoms with van der Waals surface area (Å²) in [5, 5.41) is 6.70. The van der Waals surface area contributed by atoms with E-state index in [1.165, 1.54) is 5.57 Å². The minimum Gasteiger partial charge on any atom is -0.369 e. The second-order valence-electron chi connectivity index (χ2n) is 5.14. The molecule has 0 radical (unpaired) electrons. The van der Waals surface area contributed by atoms with Crippen LogP contribution in [0.25, 0.3) is 0 Å². The molecule has 0 bridgehead atoms. The zero-order valence-electron chi connectivity index (χ0n) is 11.7. The molecule has 1 amide bonds. The zero-order chi connectivity index (χ0) is 14.5. The van der Waals surface area contributed by atoms with Gasteiger partial charge in [0.05, 0.1) is 6.61 Å². The third-order valence-corrected chi connectivity index (χ3v) is 4.63. The average Bonchev–Trinajstić information content (AvgIpc) is 2.93. The van der Waals surface area contributed by atoms with E-state index in [1.54, 1.807) is 6.07 Å². The lowest BCUT2D eigenvalue weighted by molar-refractivity contribution is 0.0932. The van der Waals surface area contributed by atoms with Gasteiger partial charge >= 0.3 is 0 Å². The first kappa shape index (κ1) is 14.4. The van der Waals surface area contributed by atoms with E-state index in [4.69, 9.17) is 9.26 Å². The first-order chi connectivity index (χ1) is 10.3. The van der Waals surface area contributed by atoms with Gasteiger partial charge in [0.25, 0.3) is 5.91 Å². The Balaban J connectivity index is 1.44. The van der Waals surface area contributed by atoms with Crippen molar-refractivity contribution in [3.63, 3.8) is 0 Å². The lowest BCUT2D eigenvalue weighted by atomic mass is 10.1. The first-order valence-corrected chi connectivity index (χ1v) is 8.24. The molecule has 5 nitrogen and oxygen atoms in total. The quantitative estimate of drug-likeness (QED) is 0.874. The fourth-order valence-electron chi connectivity index (χ4n) is 2.11. The molecule has 1 aliphatic carbocycles. The summed E-state index contributed by atoms with van der Waals surface area (Å²) in [6.07, 6.45) is 8.58. The van der Waals surface area contributed by atoms with Crippen LogP contribution in [0, 0.1) is 0 Å². The Hall–Kier alpha value is -1.53. The van der Waals surface area contributed by atoms with Gasteiger partial charge in [-0.05, 0) is 18.4 Å². The topological polar surface area (TPSA) is 64.4 Å². The molecule has 3 rings (SSSR count). The van der Waals surface area contributed by atoms with Crippen molar-refractivity contribution in [3.8, 4) is 0 Å². The number of aromatic nitrogens is 1. The van der Waals surface area contributed by atoms with Crippen molar-refractivity contribution in [2.24, 2.45) is 0 Å². The van der Waals surface area contributed by atoms with Gasteiger partial charge < -0.3 is 14.6 Å². The molecule has 0 aromatic carbocycles. The Morgan fingerprint density at radius 3 is 3.05 bits per heavy atom. The average molecular weight is 306 g/mol. The molecule has 1 fully saturated rings. The standard InChI is InChI=1S/C15H18N2O3S/c18-15(16-12-9-21-10-12)14-6-13(20-17-14)8-19-7-11-4-2-1-3-5-11/h2,4-6,12H,1,3,7-10H2,(H,16,18). The minimum atomic E-state index is -0.173. The molecule has 1 aliphatic heterocycles. The number of hydrogen-bond acceptors (Lipinski definition) is 5. The second kappa shape index (κ2) is 6.95. The van der Waals surface area contributed by atoms with E-state index in [2.05, 4.69) is 28.7 Å². The third kappa shape index (κ3) is 3.98. The molecule has 1 saturated heterocycles. The maximum Gasteiger partial charge on any atom is 0.273 e. The maximum absolute atomic E-state index is 11.9. The number of nitrogens with zero attached hydrogens (tertiary/aromatic N) is 1. The van der Waals surface area contributed by atoms with Crippen LogP contribution < -0.4 is 5.32 Å². The van der Waals surface area contributed by atoms with E-state index in [-0.39, 0.29) is 11.9 Å². The van der Waals surface area contributed by atoms with Crippen LogP contribution >= 0.6 is 11.8 Å². The molecule has 1 aromatic heterocycles. The van der Waals surface area contributed by atoms with Crippen molar-refractivity contribution in [1.29, 1.82) is 0 Å². The predicted molar refractivity (Wildman–Crippen MR) is 81.2 cm³/mol. The number of carbonyl (C=O) groups is 1. The van der Waals surface area contributed by atoms with Crippen molar-refractivity contribution < 1.29 is 14.1 Å². The van der Waals surface area contributed by atoms with E-state index in [0.29, 0.717) is 24.7 Å². The predicted octanol–water partition coefficient (Wildman–Crippen LogP) is 2.31. The van der Waals surface area contributed by atoms with E-state index >= 15 is 0 Å². The molecular weight excluding hydrogens is 288 g/mol. The van der Waals surface area contributed by atoms with Gasteiger partial charge in [-0.25, -0.2) is 0 Å². The van der Waals surface area contributed by atoms with Gasteiger partial charge in [0.2, 0.25) is 0 Å². The Morgan fingerprint density at radius 2 is 2.33 bits per heavy atom. The molecule has 2 heterocycles. The third-order valence-electron chi connectivity index (χ3n) is 3.35. The molecule has 1 N–H and O–H groups in total. The molecule has 0 saturated carbocycles. The molecule has 1 aromatic rings. The van der Waals surface area contributed by atoms with Gasteiger partial charge in [-0.2, -0.15) is 11.8 Å². The number of thioether (sulfide) groups is 1. The van der Waals surface area contributed by atoms with Gasteiger partial charge in [0, 0.05) is 23.6 Å². The van der Waals surface area contributed by atoms with Crippen molar-refractivity contribution in [2.75, 3.05) is 18.1 Å². The van der Waals surface area contributed by atoms with Crippen LogP contribution in [-0.4, -0.2) is 35.2 Å². The van der Waals surface area contributed by atoms with Gasteiger partial charge in [0.1, 0.15) is 6.61 Å². The largest absolute Gasteiger partial charge is 0.369 e. The van der Waals surface area contributed by atoms with Crippen LogP contribution in [0.1, 0.15) is 29.1 Å². The second-order valence-corrected chi connectivity index (χ2v) is 6.21. The summed E-state index contributed by atoms with van der Waals surface area (Å²) in [5.41, 5.74) is 1.50. The highest BCUT2D eigenvalue weighted by Crippen LogP contribution is 2.18. The Kier molecular flexibility index (Phi) is 4.77. The van der Waals surface area contributed by atoms with E-state index < -0.39 is 0 Å². The normalized spacial score (nSPS) is 18.2. The highest BCUT2D eigenvalue weighted by atomic mass is 32.2. The van der Waals surface area contributed by atoms with Crippen molar-refractivity contribution in [3.05, 3.63) is 41.3 Å². The van der Waals surface area contributed by atoms with Crippen LogP contribution in [0.3, 0.4) is 0 Å². The summed E-state index contributed by atoms with van der Waals surface area (Å²) in [7, 11) is 0. The molecule has 2 aliphatic rings. The van der Waals surface area contributed by atoms with Crippen molar-refractivity contribution in [1.82, 2.24) is 10.5 Å². The Bertz CT molecular complexity index is 561. The number of amides is 1. The summed E-state index contributed by atoms with van der Waals surface area (Å²) in [4.78, 5) is 11.9. The number of ether oxygens (including phenoxy) is 1. The van der Waals surface area contributed by atoms with Crippen LogP contribution in [0.4, 0.5) is 0 Å².